The molecule has 1 aromatic rings. The summed E-state index contributed by atoms with van der Waals surface area (Å²) in [4.78, 5) is 20.7. The van der Waals surface area contributed by atoms with Crippen LogP contribution in [0.5, 0.6) is 5.75 Å². The van der Waals surface area contributed by atoms with Gasteiger partial charge in [-0.1, -0.05) is 12.1 Å². The summed E-state index contributed by atoms with van der Waals surface area (Å²) < 4.78 is 5.02. The number of para-hydroxylation sites is 1. The molecule has 0 heterocycles. The number of ether oxygens (including phenoxy) is 1. The van der Waals surface area contributed by atoms with Crippen LogP contribution in [-0.2, 0) is 4.79 Å². The van der Waals surface area contributed by atoms with Gasteiger partial charge in [-0.3, -0.25) is 0 Å². The van der Waals surface area contributed by atoms with Crippen LogP contribution in [0.3, 0.4) is 0 Å². The highest BCUT2D eigenvalue weighted by Gasteiger charge is 2.03. The number of nitrogens with one attached hydrogen (secondary N) is 1. The number of carbonyl (C=O) groups is 2. The van der Waals surface area contributed by atoms with Gasteiger partial charge < -0.3 is 15.6 Å². The lowest BCUT2D eigenvalue weighted by Crippen LogP contribution is -2.24. The average molecular weight is 237 g/mol. The van der Waals surface area contributed by atoms with Crippen molar-refractivity contribution in [2.75, 3.05) is 6.61 Å². The molecule has 2 amide bonds. The third-order valence-electron chi connectivity index (χ3n) is 1.65. The smallest absolute Gasteiger partial charge is 0.341 e. The zero-order valence-corrected chi connectivity index (χ0v) is 8.79. The Balaban J connectivity index is 2.73. The number of carboxylic acids is 1. The van der Waals surface area contributed by atoms with Crippen LogP contribution in [0, 0.1) is 0 Å². The third kappa shape index (κ3) is 4.65. The summed E-state index contributed by atoms with van der Waals surface area (Å²) in [6, 6.07) is 5.87. The van der Waals surface area contributed by atoms with E-state index in [2.05, 4.69) is 5.10 Å². The zero-order chi connectivity index (χ0) is 12.7. The molecule has 90 valence electrons. The second-order valence-electron chi connectivity index (χ2n) is 2.95. The number of hydrazone groups is 1. The van der Waals surface area contributed by atoms with Crippen molar-refractivity contribution in [3.05, 3.63) is 29.8 Å². The molecule has 1 rings (SSSR count). The minimum Gasteiger partial charge on any atom is -0.481 e. The van der Waals surface area contributed by atoms with Crippen LogP contribution in [0.1, 0.15) is 5.56 Å². The third-order valence-corrected chi connectivity index (χ3v) is 1.65. The summed E-state index contributed by atoms with van der Waals surface area (Å²) >= 11 is 0. The first-order chi connectivity index (χ1) is 8.09. The van der Waals surface area contributed by atoms with Crippen molar-refractivity contribution in [3.63, 3.8) is 0 Å². The maximum Gasteiger partial charge on any atom is 0.341 e. The molecule has 0 aliphatic carbocycles. The molecule has 0 spiro atoms. The molecule has 0 aliphatic rings. The van der Waals surface area contributed by atoms with Gasteiger partial charge in [-0.25, -0.2) is 15.0 Å². The highest BCUT2D eigenvalue weighted by molar-refractivity contribution is 5.84. The molecule has 0 atom stereocenters. The number of rotatable bonds is 5. The fourth-order valence-electron chi connectivity index (χ4n) is 1.02. The van der Waals surface area contributed by atoms with Gasteiger partial charge in [0.2, 0.25) is 0 Å². The van der Waals surface area contributed by atoms with E-state index >= 15 is 0 Å². The monoisotopic (exact) mass is 237 g/mol. The number of aliphatic carboxylic acids is 1. The van der Waals surface area contributed by atoms with E-state index in [-0.39, 0.29) is 0 Å². The van der Waals surface area contributed by atoms with Crippen molar-refractivity contribution < 1.29 is 19.4 Å². The molecule has 0 aromatic heterocycles. The fraction of sp³-hybridized carbons (Fsp3) is 0.100. The van der Waals surface area contributed by atoms with Crippen LogP contribution in [0.15, 0.2) is 29.4 Å². The quantitative estimate of drug-likeness (QED) is 0.499. The predicted octanol–water partition coefficient (Wildman–Crippen LogP) is 0.152. The first-order valence-corrected chi connectivity index (χ1v) is 4.61. The molecule has 4 N–H and O–H groups in total. The molecule has 0 bridgehead atoms. The van der Waals surface area contributed by atoms with Crippen molar-refractivity contribution in [1.82, 2.24) is 5.43 Å². The Hall–Kier alpha value is -2.57. The summed E-state index contributed by atoms with van der Waals surface area (Å²) in [7, 11) is 0. The van der Waals surface area contributed by atoms with Gasteiger partial charge in [0, 0.05) is 5.56 Å². The topological polar surface area (TPSA) is 114 Å². The molecule has 0 fully saturated rings. The lowest BCUT2D eigenvalue weighted by atomic mass is 10.2. The summed E-state index contributed by atoms with van der Waals surface area (Å²) in [5, 5.41) is 12.0. The number of carbonyl (C=O) groups excluding carboxylic acids is 1. The minimum absolute atomic E-state index is 0.352. The second kappa shape index (κ2) is 6.11. The number of hydrogen-bond acceptors (Lipinski definition) is 4. The summed E-state index contributed by atoms with van der Waals surface area (Å²) in [6.07, 6.45) is 1.31. The van der Waals surface area contributed by atoms with Gasteiger partial charge in [0.05, 0.1) is 6.21 Å². The van der Waals surface area contributed by atoms with E-state index in [1.807, 2.05) is 5.43 Å². The molecule has 0 aliphatic heterocycles. The Bertz CT molecular complexity index is 445. The summed E-state index contributed by atoms with van der Waals surface area (Å²) in [6.45, 7) is -0.450. The van der Waals surface area contributed by atoms with E-state index in [4.69, 9.17) is 15.6 Å². The summed E-state index contributed by atoms with van der Waals surface area (Å²) in [5.41, 5.74) is 7.37. The lowest BCUT2D eigenvalue weighted by molar-refractivity contribution is -0.139. The highest BCUT2D eigenvalue weighted by Crippen LogP contribution is 2.15. The number of amides is 2. The van der Waals surface area contributed by atoms with Crippen molar-refractivity contribution in [3.8, 4) is 5.75 Å². The van der Waals surface area contributed by atoms with Crippen LogP contribution < -0.4 is 15.9 Å². The number of carboxylic acid groups (broad SMARTS) is 1. The molecule has 0 unspecified atom stereocenters. The van der Waals surface area contributed by atoms with E-state index in [1.165, 1.54) is 6.21 Å². The van der Waals surface area contributed by atoms with Gasteiger partial charge in [0.25, 0.3) is 0 Å². The summed E-state index contributed by atoms with van der Waals surface area (Å²) in [5.74, 6) is -0.725. The number of urea groups is 1. The van der Waals surface area contributed by atoms with Gasteiger partial charge in [-0.15, -0.1) is 0 Å². The maximum absolute atomic E-state index is 10.4. The van der Waals surface area contributed by atoms with E-state index in [0.717, 1.165) is 0 Å². The Labute approximate surface area is 96.9 Å². The van der Waals surface area contributed by atoms with E-state index in [1.54, 1.807) is 24.3 Å². The van der Waals surface area contributed by atoms with Gasteiger partial charge >= 0.3 is 12.0 Å². The number of hydrogen-bond donors (Lipinski definition) is 3. The van der Waals surface area contributed by atoms with Crippen molar-refractivity contribution in [1.29, 1.82) is 0 Å². The molecule has 0 saturated heterocycles. The molecule has 7 heteroatoms. The maximum atomic E-state index is 10.4. The number of nitrogens with two attached hydrogens (primary N) is 1. The first kappa shape index (κ1) is 12.5. The number of nitrogens with zero attached hydrogens (tertiary/aromatic N) is 1. The van der Waals surface area contributed by atoms with Crippen molar-refractivity contribution in [2.24, 2.45) is 10.8 Å². The van der Waals surface area contributed by atoms with E-state index in [0.29, 0.717) is 11.3 Å². The van der Waals surface area contributed by atoms with Gasteiger partial charge in [0.15, 0.2) is 6.61 Å². The second-order valence-corrected chi connectivity index (χ2v) is 2.95. The van der Waals surface area contributed by atoms with Crippen LogP contribution in [0.2, 0.25) is 0 Å². The molecule has 1 aromatic carbocycles. The van der Waals surface area contributed by atoms with E-state index < -0.39 is 18.6 Å². The molecular formula is C10H11N3O4. The standard InChI is InChI=1S/C10H11N3O4/c11-10(16)13-12-5-7-3-1-2-4-8(7)17-6-9(14)15/h1-5H,6H2,(H,14,15)(H3,11,13,16). The van der Waals surface area contributed by atoms with Crippen LogP contribution in [-0.4, -0.2) is 29.9 Å². The lowest BCUT2D eigenvalue weighted by Gasteiger charge is -2.05. The molecule has 17 heavy (non-hydrogen) atoms. The van der Waals surface area contributed by atoms with Crippen molar-refractivity contribution in [2.45, 2.75) is 0 Å². The Morgan fingerprint density at radius 2 is 2.18 bits per heavy atom. The number of benzene rings is 1. The van der Waals surface area contributed by atoms with Crippen LogP contribution in [0.25, 0.3) is 0 Å². The molecular weight excluding hydrogens is 226 g/mol. The van der Waals surface area contributed by atoms with E-state index in [9.17, 15) is 9.59 Å². The largest absolute Gasteiger partial charge is 0.481 e. The first-order valence-electron chi connectivity index (χ1n) is 4.61. The van der Waals surface area contributed by atoms with Crippen molar-refractivity contribution >= 4 is 18.2 Å². The normalized spacial score (nSPS) is 10.1. The SMILES string of the molecule is NC(=O)NN=Cc1ccccc1OCC(=O)O. The molecule has 7 nitrogen and oxygen atoms in total. The minimum atomic E-state index is -1.08. The Kier molecular flexibility index (Phi) is 4.49. The Morgan fingerprint density at radius 3 is 2.82 bits per heavy atom. The van der Waals surface area contributed by atoms with Gasteiger partial charge in [0.1, 0.15) is 5.75 Å². The highest BCUT2D eigenvalue weighted by atomic mass is 16.5. The fourth-order valence-corrected chi connectivity index (χ4v) is 1.02. The predicted molar refractivity (Wildman–Crippen MR) is 59.9 cm³/mol. The zero-order valence-electron chi connectivity index (χ0n) is 8.79. The number of primary amides is 1. The van der Waals surface area contributed by atoms with Gasteiger partial charge in [-0.05, 0) is 12.1 Å². The molecule has 0 saturated carbocycles. The van der Waals surface area contributed by atoms with Crippen LogP contribution >= 0.6 is 0 Å². The van der Waals surface area contributed by atoms with Gasteiger partial charge in [-0.2, -0.15) is 5.10 Å². The average Bonchev–Trinajstić information content (AvgIpc) is 2.27. The molecule has 0 radical (unpaired) electrons. The van der Waals surface area contributed by atoms with Crippen LogP contribution in [0.4, 0.5) is 4.79 Å². The Morgan fingerprint density at radius 1 is 1.47 bits per heavy atom.